The molecular weight excluding hydrogens is 426 g/mol. The van der Waals surface area contributed by atoms with Crippen molar-refractivity contribution in [3.05, 3.63) is 114 Å². The van der Waals surface area contributed by atoms with E-state index in [0.29, 0.717) is 18.9 Å². The summed E-state index contributed by atoms with van der Waals surface area (Å²) in [5, 5.41) is 20.8. The lowest BCUT2D eigenvalue weighted by molar-refractivity contribution is -0.115. The summed E-state index contributed by atoms with van der Waals surface area (Å²) in [6, 6.07) is 27.4. The van der Waals surface area contributed by atoms with Crippen molar-refractivity contribution in [1.82, 2.24) is 20.1 Å². The molecule has 0 saturated heterocycles. The first kappa shape index (κ1) is 23.4. The van der Waals surface area contributed by atoms with Gasteiger partial charge in [0.1, 0.15) is 6.33 Å². The van der Waals surface area contributed by atoms with Gasteiger partial charge in [-0.1, -0.05) is 72.8 Å². The highest BCUT2D eigenvalue weighted by Crippen LogP contribution is 2.12. The lowest BCUT2D eigenvalue weighted by Crippen LogP contribution is -2.23. The fraction of sp³-hybridized carbons (Fsp3) is 0.222. The molecule has 4 aromatic rings. The molecule has 34 heavy (non-hydrogen) atoms. The van der Waals surface area contributed by atoms with Crippen LogP contribution in [0.3, 0.4) is 0 Å². The van der Waals surface area contributed by atoms with Crippen molar-refractivity contribution in [1.29, 1.82) is 0 Å². The number of anilines is 1. The molecule has 0 saturated carbocycles. The molecule has 0 aliphatic rings. The van der Waals surface area contributed by atoms with Gasteiger partial charge in [-0.05, 0) is 41.8 Å². The number of aliphatic hydroxyl groups excluding tert-OH is 1. The minimum Gasteiger partial charge on any atom is -0.387 e. The van der Waals surface area contributed by atoms with Gasteiger partial charge in [-0.3, -0.25) is 4.79 Å². The maximum Gasteiger partial charge on any atom is 0.232 e. The van der Waals surface area contributed by atoms with Gasteiger partial charge in [-0.2, -0.15) is 5.10 Å². The topological polar surface area (TPSA) is 92.1 Å². The first-order valence-electron chi connectivity index (χ1n) is 11.4. The van der Waals surface area contributed by atoms with Crippen molar-refractivity contribution in [2.24, 2.45) is 0 Å². The van der Waals surface area contributed by atoms with E-state index in [1.165, 1.54) is 0 Å². The Morgan fingerprint density at radius 3 is 2.35 bits per heavy atom. The van der Waals surface area contributed by atoms with Crippen LogP contribution in [0.2, 0.25) is 0 Å². The molecular formula is C27H29N5O2. The van der Waals surface area contributed by atoms with Crippen LogP contribution in [0.5, 0.6) is 0 Å². The van der Waals surface area contributed by atoms with Crippen LogP contribution in [0.1, 0.15) is 28.6 Å². The lowest BCUT2D eigenvalue weighted by Gasteiger charge is -2.12. The Kier molecular flexibility index (Phi) is 8.16. The summed E-state index contributed by atoms with van der Waals surface area (Å²) in [7, 11) is 0. The average Bonchev–Trinajstić information content (AvgIpc) is 3.30. The number of aromatic nitrogens is 3. The number of hydrogen-bond acceptors (Lipinski definition) is 5. The molecule has 0 radical (unpaired) electrons. The Balaban J connectivity index is 1.18. The quantitative estimate of drug-likeness (QED) is 0.302. The zero-order chi connectivity index (χ0) is 23.6. The smallest absolute Gasteiger partial charge is 0.232 e. The molecule has 3 aromatic carbocycles. The Labute approximate surface area is 199 Å². The van der Waals surface area contributed by atoms with Crippen molar-refractivity contribution >= 4 is 11.6 Å². The highest BCUT2D eigenvalue weighted by atomic mass is 16.3. The third-order valence-electron chi connectivity index (χ3n) is 5.44. The van der Waals surface area contributed by atoms with E-state index in [2.05, 4.69) is 20.7 Å². The Hall–Kier alpha value is -3.81. The number of carbonyl (C=O) groups is 1. The fourth-order valence-electron chi connectivity index (χ4n) is 3.63. The van der Waals surface area contributed by atoms with E-state index < -0.39 is 6.10 Å². The molecule has 1 aromatic heterocycles. The number of hydrogen-bond donors (Lipinski definition) is 3. The van der Waals surface area contributed by atoms with Gasteiger partial charge in [-0.15, -0.1) is 0 Å². The molecule has 1 heterocycles. The van der Waals surface area contributed by atoms with Crippen LogP contribution >= 0.6 is 0 Å². The Bertz CT molecular complexity index is 1160. The van der Waals surface area contributed by atoms with E-state index >= 15 is 0 Å². The average molecular weight is 456 g/mol. The van der Waals surface area contributed by atoms with Crippen molar-refractivity contribution in [3.8, 4) is 0 Å². The van der Waals surface area contributed by atoms with Gasteiger partial charge in [-0.25, -0.2) is 9.67 Å². The second-order valence-corrected chi connectivity index (χ2v) is 8.15. The number of amides is 1. The van der Waals surface area contributed by atoms with Gasteiger partial charge in [0, 0.05) is 12.2 Å². The Morgan fingerprint density at radius 2 is 1.62 bits per heavy atom. The van der Waals surface area contributed by atoms with Crippen molar-refractivity contribution < 1.29 is 9.90 Å². The maximum atomic E-state index is 12.4. The van der Waals surface area contributed by atoms with Gasteiger partial charge < -0.3 is 15.7 Å². The SMILES string of the molecule is O=C(Cc1ncn(Cc2ccccc2)n1)Nc1ccc(CCNC[C@H](O)c2ccccc2)cc1. The summed E-state index contributed by atoms with van der Waals surface area (Å²) < 4.78 is 1.74. The summed E-state index contributed by atoms with van der Waals surface area (Å²) in [5.74, 6) is 0.343. The fourth-order valence-corrected chi connectivity index (χ4v) is 3.63. The van der Waals surface area contributed by atoms with Crippen LogP contribution in [0, 0.1) is 0 Å². The van der Waals surface area contributed by atoms with Crippen molar-refractivity contribution in [2.45, 2.75) is 25.5 Å². The molecule has 0 unspecified atom stereocenters. The molecule has 4 rings (SSSR count). The summed E-state index contributed by atoms with van der Waals surface area (Å²) in [6.07, 6.45) is 2.09. The molecule has 1 amide bonds. The standard InChI is InChI=1S/C27H29N5O2/c33-25(23-9-5-2-6-10-23)18-28-16-15-21-11-13-24(14-12-21)30-27(34)17-26-29-20-32(31-26)19-22-7-3-1-4-8-22/h1-14,20,25,28,33H,15-19H2,(H,30,34)/t25-/m0/s1. The molecule has 0 spiro atoms. The highest BCUT2D eigenvalue weighted by Gasteiger charge is 2.09. The number of aliphatic hydroxyl groups is 1. The first-order valence-corrected chi connectivity index (χ1v) is 11.4. The second kappa shape index (κ2) is 11.9. The molecule has 7 heteroatoms. The number of rotatable bonds is 11. The number of nitrogens with one attached hydrogen (secondary N) is 2. The monoisotopic (exact) mass is 455 g/mol. The van der Waals surface area contributed by atoms with E-state index in [4.69, 9.17) is 0 Å². The maximum absolute atomic E-state index is 12.4. The zero-order valence-electron chi connectivity index (χ0n) is 19.0. The molecule has 1 atom stereocenters. The summed E-state index contributed by atoms with van der Waals surface area (Å²) in [4.78, 5) is 16.6. The third kappa shape index (κ3) is 7.10. The summed E-state index contributed by atoms with van der Waals surface area (Å²) in [5.41, 5.74) is 3.94. The van der Waals surface area contributed by atoms with Crippen LogP contribution in [-0.2, 0) is 24.2 Å². The van der Waals surface area contributed by atoms with Gasteiger partial charge in [0.25, 0.3) is 0 Å². The van der Waals surface area contributed by atoms with Crippen LogP contribution in [0.4, 0.5) is 5.69 Å². The van der Waals surface area contributed by atoms with Crippen LogP contribution in [0.25, 0.3) is 0 Å². The minimum atomic E-state index is -0.516. The summed E-state index contributed by atoms with van der Waals surface area (Å²) >= 11 is 0. The molecule has 3 N–H and O–H groups in total. The molecule has 0 bridgehead atoms. The largest absolute Gasteiger partial charge is 0.387 e. The zero-order valence-corrected chi connectivity index (χ0v) is 19.0. The van der Waals surface area contributed by atoms with Gasteiger partial charge in [0.2, 0.25) is 5.91 Å². The van der Waals surface area contributed by atoms with E-state index in [9.17, 15) is 9.90 Å². The number of benzene rings is 3. The van der Waals surface area contributed by atoms with Crippen molar-refractivity contribution in [3.63, 3.8) is 0 Å². The normalized spacial score (nSPS) is 11.8. The lowest BCUT2D eigenvalue weighted by atomic mass is 10.1. The molecule has 0 fully saturated rings. The Morgan fingerprint density at radius 1 is 0.912 bits per heavy atom. The van der Waals surface area contributed by atoms with E-state index in [1.54, 1.807) is 11.0 Å². The van der Waals surface area contributed by atoms with E-state index in [1.807, 2.05) is 84.9 Å². The van der Waals surface area contributed by atoms with E-state index in [0.717, 1.165) is 35.3 Å². The van der Waals surface area contributed by atoms with Gasteiger partial charge in [0.15, 0.2) is 5.82 Å². The molecule has 7 nitrogen and oxygen atoms in total. The van der Waals surface area contributed by atoms with Gasteiger partial charge >= 0.3 is 0 Å². The molecule has 174 valence electrons. The second-order valence-electron chi connectivity index (χ2n) is 8.15. The number of carbonyl (C=O) groups excluding carboxylic acids is 1. The third-order valence-corrected chi connectivity index (χ3v) is 5.44. The number of nitrogens with zero attached hydrogens (tertiary/aromatic N) is 3. The van der Waals surface area contributed by atoms with E-state index in [-0.39, 0.29) is 12.3 Å². The predicted octanol–water partition coefficient (Wildman–Crippen LogP) is 3.37. The van der Waals surface area contributed by atoms with Crippen LogP contribution in [-0.4, -0.2) is 38.9 Å². The predicted molar refractivity (Wildman–Crippen MR) is 132 cm³/mol. The molecule has 0 aliphatic carbocycles. The van der Waals surface area contributed by atoms with Crippen molar-refractivity contribution in [2.75, 3.05) is 18.4 Å². The first-order chi connectivity index (χ1) is 16.7. The van der Waals surface area contributed by atoms with Gasteiger partial charge in [0.05, 0.1) is 19.1 Å². The van der Waals surface area contributed by atoms with Crippen LogP contribution < -0.4 is 10.6 Å². The van der Waals surface area contributed by atoms with Crippen LogP contribution in [0.15, 0.2) is 91.3 Å². The minimum absolute atomic E-state index is 0.122. The molecule has 0 aliphatic heterocycles. The summed E-state index contributed by atoms with van der Waals surface area (Å²) in [6.45, 7) is 1.89. The highest BCUT2D eigenvalue weighted by molar-refractivity contribution is 5.91.